The number of rotatable bonds is 8. The van der Waals surface area contributed by atoms with E-state index in [1.165, 1.54) is 22.7 Å². The van der Waals surface area contributed by atoms with Gasteiger partial charge in [0.05, 0.1) is 45.6 Å². The molecule has 10 aromatic rings. The van der Waals surface area contributed by atoms with Crippen molar-refractivity contribution in [3.8, 4) is 88.4 Å². The second-order valence-corrected chi connectivity index (χ2v) is 14.3. The quantitative estimate of drug-likeness (QED) is 0.145. The molecule has 0 aliphatic heterocycles. The SMILES string of the molecule is c1ccc(-c2cccc(-c3cccc(-c4nnc(-c5ccc6ccc(-c7nnc(-c8cccc(-c9cccc(-c%10ccccn%10)n9)n8)s7)nc6n5)s4)n3)n2)nc1. The Balaban J connectivity index is 0.897. The van der Waals surface area contributed by atoms with E-state index in [1.54, 1.807) is 12.4 Å². The van der Waals surface area contributed by atoms with Crippen molar-refractivity contribution in [3.63, 3.8) is 0 Å². The summed E-state index contributed by atoms with van der Waals surface area (Å²) in [7, 11) is 0. The highest BCUT2D eigenvalue weighted by Crippen LogP contribution is 2.33. The first-order chi connectivity index (χ1) is 27.7. The van der Waals surface area contributed by atoms with Gasteiger partial charge in [0.25, 0.3) is 0 Å². The molecule has 0 atom stereocenters. The molecule has 0 bridgehead atoms. The van der Waals surface area contributed by atoms with Crippen molar-refractivity contribution in [2.45, 2.75) is 0 Å². The van der Waals surface area contributed by atoms with Crippen LogP contribution in [0.3, 0.4) is 0 Å². The van der Waals surface area contributed by atoms with E-state index in [1.807, 2.05) is 133 Å². The molecule has 10 aromatic heterocycles. The minimum Gasteiger partial charge on any atom is -0.255 e. The van der Waals surface area contributed by atoms with E-state index < -0.39 is 0 Å². The third kappa shape index (κ3) is 6.66. The Morgan fingerprint density at radius 3 is 0.964 bits per heavy atom. The van der Waals surface area contributed by atoms with E-state index in [-0.39, 0.29) is 0 Å². The minimum absolute atomic E-state index is 0.562. The van der Waals surface area contributed by atoms with Gasteiger partial charge in [0.15, 0.2) is 25.7 Å². The number of hydrogen-bond acceptors (Lipinski definition) is 14. The molecule has 0 aliphatic carbocycles. The third-order valence-corrected chi connectivity index (χ3v) is 10.6. The van der Waals surface area contributed by atoms with Crippen molar-refractivity contribution in [1.82, 2.24) is 60.3 Å². The fourth-order valence-corrected chi connectivity index (χ4v) is 7.53. The molecule has 12 nitrogen and oxygen atoms in total. The Labute approximate surface area is 326 Å². The van der Waals surface area contributed by atoms with Crippen LogP contribution < -0.4 is 0 Å². The van der Waals surface area contributed by atoms with Crippen LogP contribution in [0.1, 0.15) is 0 Å². The summed E-state index contributed by atoms with van der Waals surface area (Å²) in [5.41, 5.74) is 9.35. The van der Waals surface area contributed by atoms with E-state index in [9.17, 15) is 0 Å². The molecule has 0 saturated carbocycles. The zero-order valence-corrected chi connectivity index (χ0v) is 30.7. The second kappa shape index (κ2) is 14.4. The largest absolute Gasteiger partial charge is 0.255 e. The van der Waals surface area contributed by atoms with Crippen molar-refractivity contribution >= 4 is 33.7 Å². The molecule has 0 unspecified atom stereocenters. The molecule has 10 rings (SSSR count). The lowest BCUT2D eigenvalue weighted by Gasteiger charge is -2.05. The average Bonchev–Trinajstić information content (AvgIpc) is 3.99. The smallest absolute Gasteiger partial charge is 0.166 e. The van der Waals surface area contributed by atoms with E-state index in [4.69, 9.17) is 29.9 Å². The van der Waals surface area contributed by atoms with Crippen LogP contribution in [-0.4, -0.2) is 60.3 Å². The van der Waals surface area contributed by atoms with E-state index >= 15 is 0 Å². The third-order valence-electron chi connectivity index (χ3n) is 8.65. The summed E-state index contributed by atoms with van der Waals surface area (Å²) in [6, 6.07) is 42.6. The fourth-order valence-electron chi connectivity index (χ4n) is 5.96. The van der Waals surface area contributed by atoms with Crippen molar-refractivity contribution in [1.29, 1.82) is 0 Å². The molecule has 0 N–H and O–H groups in total. The summed E-state index contributed by atoms with van der Waals surface area (Å²) < 4.78 is 0. The van der Waals surface area contributed by atoms with E-state index in [0.717, 1.165) is 50.9 Å². The van der Waals surface area contributed by atoms with Gasteiger partial charge >= 0.3 is 0 Å². The number of hydrogen-bond donors (Lipinski definition) is 0. The van der Waals surface area contributed by atoms with Gasteiger partial charge < -0.3 is 0 Å². The first kappa shape index (κ1) is 33.2. The number of pyridine rings is 8. The van der Waals surface area contributed by atoms with Crippen LogP contribution in [-0.2, 0) is 0 Å². The molecule has 0 spiro atoms. The molecule has 56 heavy (non-hydrogen) atoms. The summed E-state index contributed by atoms with van der Waals surface area (Å²) in [5, 5.41) is 21.4. The van der Waals surface area contributed by atoms with Gasteiger partial charge in [-0.05, 0) is 97.1 Å². The van der Waals surface area contributed by atoms with Crippen molar-refractivity contribution < 1.29 is 0 Å². The normalized spacial score (nSPS) is 11.2. The molecular formula is C42H24N12S2. The maximum Gasteiger partial charge on any atom is 0.166 e. The van der Waals surface area contributed by atoms with Crippen LogP contribution in [0.5, 0.6) is 0 Å². The monoisotopic (exact) mass is 760 g/mol. The lowest BCUT2D eigenvalue weighted by Crippen LogP contribution is -1.92. The molecule has 0 saturated heterocycles. The van der Waals surface area contributed by atoms with Crippen LogP contribution in [0.25, 0.3) is 99.4 Å². The van der Waals surface area contributed by atoms with Gasteiger partial charge in [0.1, 0.15) is 22.8 Å². The lowest BCUT2D eigenvalue weighted by atomic mass is 10.2. The standard InChI is InChI=1S/C42H24N12S2/c1-3-23-43-26(9-1)28-11-5-13-30(45-28)32-15-7-17-34(47-32)39-51-53-41(55-39)36-21-19-25-20-22-37(50-38(25)49-36)42-54-52-40(56-42)35-18-8-16-33(48-35)31-14-6-12-29(46-31)27-10-2-4-24-44-27/h1-24H. The van der Waals surface area contributed by atoms with Gasteiger partial charge in [-0.3, -0.25) is 9.97 Å². The minimum atomic E-state index is 0.562. The Hall–Kier alpha value is -7.42. The molecule has 0 radical (unpaired) electrons. The molecule has 14 heteroatoms. The van der Waals surface area contributed by atoms with Gasteiger partial charge in [-0.15, -0.1) is 20.4 Å². The molecule has 264 valence electrons. The van der Waals surface area contributed by atoms with Gasteiger partial charge in [0.2, 0.25) is 0 Å². The summed E-state index contributed by atoms with van der Waals surface area (Å²) in [6.07, 6.45) is 3.51. The zero-order chi connectivity index (χ0) is 37.3. The van der Waals surface area contributed by atoms with Crippen LogP contribution >= 0.6 is 22.7 Å². The average molecular weight is 761 g/mol. The Kier molecular flexibility index (Phi) is 8.55. The van der Waals surface area contributed by atoms with Gasteiger partial charge in [-0.25, -0.2) is 29.9 Å². The molecule has 0 fully saturated rings. The Bertz CT molecular complexity index is 2810. The van der Waals surface area contributed by atoms with E-state index in [2.05, 4.69) is 30.4 Å². The lowest BCUT2D eigenvalue weighted by molar-refractivity contribution is 1.08. The topological polar surface area (TPSA) is 155 Å². The first-order valence-corrected chi connectivity index (χ1v) is 19.0. The summed E-state index contributed by atoms with van der Waals surface area (Å²) in [5.74, 6) is 0. The number of nitrogens with zero attached hydrogens (tertiary/aromatic N) is 12. The van der Waals surface area contributed by atoms with Crippen LogP contribution in [0.4, 0.5) is 0 Å². The second-order valence-electron chi connectivity index (χ2n) is 12.3. The van der Waals surface area contributed by atoms with Crippen LogP contribution in [0.15, 0.2) is 146 Å². The highest BCUT2D eigenvalue weighted by molar-refractivity contribution is 7.18. The summed E-state index contributed by atoms with van der Waals surface area (Å²) in [6.45, 7) is 0. The highest BCUT2D eigenvalue weighted by Gasteiger charge is 2.16. The zero-order valence-electron chi connectivity index (χ0n) is 29.0. The van der Waals surface area contributed by atoms with E-state index in [0.29, 0.717) is 48.5 Å². The molecule has 10 heterocycles. The van der Waals surface area contributed by atoms with Crippen molar-refractivity contribution in [2.75, 3.05) is 0 Å². The Morgan fingerprint density at radius 1 is 0.268 bits per heavy atom. The predicted octanol–water partition coefficient (Wildman–Crippen LogP) is 9.04. The summed E-state index contributed by atoms with van der Waals surface area (Å²) >= 11 is 2.82. The maximum atomic E-state index is 4.88. The molecule has 0 aromatic carbocycles. The maximum absolute atomic E-state index is 4.88. The van der Waals surface area contributed by atoms with Crippen LogP contribution in [0, 0.1) is 0 Å². The number of fused-ring (bicyclic) bond motifs is 1. The molecule has 0 amide bonds. The van der Waals surface area contributed by atoms with Gasteiger partial charge in [-0.2, -0.15) is 0 Å². The van der Waals surface area contributed by atoms with Gasteiger partial charge in [-0.1, -0.05) is 59.1 Å². The molecule has 0 aliphatic rings. The fraction of sp³-hybridized carbons (Fsp3) is 0. The number of aromatic nitrogens is 12. The molecular weight excluding hydrogens is 737 g/mol. The Morgan fingerprint density at radius 2 is 0.589 bits per heavy atom. The van der Waals surface area contributed by atoms with Gasteiger partial charge in [0, 0.05) is 17.8 Å². The van der Waals surface area contributed by atoms with Crippen LogP contribution in [0.2, 0.25) is 0 Å². The van der Waals surface area contributed by atoms with Crippen molar-refractivity contribution in [2.24, 2.45) is 0 Å². The first-order valence-electron chi connectivity index (χ1n) is 17.4. The predicted molar refractivity (Wildman–Crippen MR) is 217 cm³/mol. The van der Waals surface area contributed by atoms with Crippen molar-refractivity contribution in [3.05, 3.63) is 146 Å². The highest BCUT2D eigenvalue weighted by atomic mass is 32.1. The summed E-state index contributed by atoms with van der Waals surface area (Å²) in [4.78, 5) is 38.0.